The molecular formula is C18H17FN4O2S. The zero-order chi connectivity index (χ0) is 18.4. The summed E-state index contributed by atoms with van der Waals surface area (Å²) in [5.41, 5.74) is 0.171. The fourth-order valence-electron chi connectivity index (χ4n) is 2.34. The molecule has 2 aromatic carbocycles. The van der Waals surface area contributed by atoms with Crippen LogP contribution in [0.15, 0.2) is 58.2 Å². The van der Waals surface area contributed by atoms with Crippen molar-refractivity contribution in [3.05, 3.63) is 64.7 Å². The average molecular weight is 372 g/mol. The van der Waals surface area contributed by atoms with Gasteiger partial charge in [0.2, 0.25) is 5.91 Å². The number of aromatic nitrogens is 3. The van der Waals surface area contributed by atoms with Crippen molar-refractivity contribution in [3.63, 3.8) is 0 Å². The third-order valence-corrected chi connectivity index (χ3v) is 4.75. The van der Waals surface area contributed by atoms with Crippen molar-refractivity contribution in [2.75, 3.05) is 12.3 Å². The van der Waals surface area contributed by atoms with Crippen LogP contribution in [0.5, 0.6) is 0 Å². The van der Waals surface area contributed by atoms with E-state index < -0.39 is 0 Å². The van der Waals surface area contributed by atoms with Crippen molar-refractivity contribution in [1.29, 1.82) is 0 Å². The summed E-state index contributed by atoms with van der Waals surface area (Å²) in [7, 11) is 0. The van der Waals surface area contributed by atoms with Gasteiger partial charge >= 0.3 is 0 Å². The van der Waals surface area contributed by atoms with Gasteiger partial charge in [-0.1, -0.05) is 17.3 Å². The minimum absolute atomic E-state index is 0.165. The molecule has 0 saturated heterocycles. The highest BCUT2D eigenvalue weighted by molar-refractivity contribution is 7.99. The lowest BCUT2D eigenvalue weighted by Crippen LogP contribution is -2.34. The summed E-state index contributed by atoms with van der Waals surface area (Å²) in [5.74, 6) is 0.249. The Morgan fingerprint density at radius 3 is 2.73 bits per heavy atom. The number of nitrogens with one attached hydrogen (secondary N) is 1. The van der Waals surface area contributed by atoms with E-state index in [-0.39, 0.29) is 23.8 Å². The quantitative estimate of drug-likeness (QED) is 0.508. The highest BCUT2D eigenvalue weighted by atomic mass is 32.2. The van der Waals surface area contributed by atoms with Crippen LogP contribution in [0.3, 0.4) is 0 Å². The van der Waals surface area contributed by atoms with E-state index in [2.05, 4.69) is 15.6 Å². The van der Waals surface area contributed by atoms with Crippen molar-refractivity contribution < 1.29 is 9.18 Å². The predicted octanol–water partition coefficient (Wildman–Crippen LogP) is 2.23. The van der Waals surface area contributed by atoms with E-state index in [0.29, 0.717) is 17.4 Å². The molecule has 1 amide bonds. The maximum absolute atomic E-state index is 12.8. The summed E-state index contributed by atoms with van der Waals surface area (Å²) >= 11 is 1.59. The van der Waals surface area contributed by atoms with E-state index >= 15 is 0 Å². The Hall–Kier alpha value is -2.74. The number of thioether (sulfide) groups is 1. The van der Waals surface area contributed by atoms with Crippen molar-refractivity contribution >= 4 is 28.6 Å². The molecule has 3 rings (SSSR count). The van der Waals surface area contributed by atoms with Crippen molar-refractivity contribution in [2.24, 2.45) is 0 Å². The van der Waals surface area contributed by atoms with Crippen LogP contribution in [0.25, 0.3) is 10.9 Å². The van der Waals surface area contributed by atoms with Gasteiger partial charge in [-0.25, -0.2) is 9.07 Å². The number of benzene rings is 2. The number of hydrogen-bond acceptors (Lipinski definition) is 5. The second-order valence-electron chi connectivity index (χ2n) is 5.58. The molecule has 0 aliphatic carbocycles. The summed E-state index contributed by atoms with van der Waals surface area (Å²) in [5, 5.41) is 10.9. The Balaban J connectivity index is 1.45. The molecule has 134 valence electrons. The standard InChI is InChI=1S/C18H17FN4O2S/c19-13-6-8-14(9-7-13)26-11-3-10-20-17(24)12-23-18(25)15-4-1-2-5-16(15)21-22-23/h1-2,4-9H,3,10-12H2,(H,20,24). The smallest absolute Gasteiger partial charge is 0.278 e. The monoisotopic (exact) mass is 372 g/mol. The Morgan fingerprint density at radius 2 is 1.92 bits per heavy atom. The molecule has 3 aromatic rings. The van der Waals surface area contributed by atoms with Gasteiger partial charge in [0, 0.05) is 11.4 Å². The molecule has 1 N–H and O–H groups in total. The number of rotatable bonds is 7. The predicted molar refractivity (Wildman–Crippen MR) is 98.5 cm³/mol. The summed E-state index contributed by atoms with van der Waals surface area (Å²) in [6.07, 6.45) is 0.756. The largest absolute Gasteiger partial charge is 0.354 e. The van der Waals surface area contributed by atoms with Crippen molar-refractivity contribution in [1.82, 2.24) is 20.3 Å². The molecule has 0 spiro atoms. The highest BCUT2D eigenvalue weighted by Crippen LogP contribution is 2.18. The van der Waals surface area contributed by atoms with Gasteiger partial charge in [0.15, 0.2) is 0 Å². The summed E-state index contributed by atoms with van der Waals surface area (Å²) in [6.45, 7) is 0.324. The zero-order valence-corrected chi connectivity index (χ0v) is 14.7. The fraction of sp³-hybridized carbons (Fsp3) is 0.222. The second kappa shape index (κ2) is 8.57. The highest BCUT2D eigenvalue weighted by Gasteiger charge is 2.08. The fourth-order valence-corrected chi connectivity index (χ4v) is 3.19. The van der Waals surface area contributed by atoms with E-state index in [1.807, 2.05) is 0 Å². The van der Waals surface area contributed by atoms with E-state index in [0.717, 1.165) is 21.8 Å². The van der Waals surface area contributed by atoms with Gasteiger partial charge in [0.1, 0.15) is 17.9 Å². The van der Waals surface area contributed by atoms with Gasteiger partial charge in [0.05, 0.1) is 5.39 Å². The van der Waals surface area contributed by atoms with Gasteiger partial charge < -0.3 is 5.32 Å². The lowest BCUT2D eigenvalue weighted by molar-refractivity contribution is -0.121. The van der Waals surface area contributed by atoms with Crippen LogP contribution >= 0.6 is 11.8 Å². The molecule has 0 bridgehead atoms. The number of nitrogens with zero attached hydrogens (tertiary/aromatic N) is 3. The second-order valence-corrected chi connectivity index (χ2v) is 6.74. The molecule has 1 aromatic heterocycles. The van der Waals surface area contributed by atoms with E-state index in [9.17, 15) is 14.0 Å². The topological polar surface area (TPSA) is 76.9 Å². The third-order valence-electron chi connectivity index (χ3n) is 3.65. The molecule has 0 aliphatic rings. The van der Waals surface area contributed by atoms with Crippen molar-refractivity contribution in [2.45, 2.75) is 17.9 Å². The number of amides is 1. The number of halogens is 1. The summed E-state index contributed by atoms with van der Waals surface area (Å²) in [4.78, 5) is 25.2. The van der Waals surface area contributed by atoms with Gasteiger partial charge in [-0.05, 0) is 48.6 Å². The number of carbonyl (C=O) groups excluding carboxylic acids is 1. The first kappa shape index (κ1) is 18.1. The van der Waals surface area contributed by atoms with Crippen LogP contribution in [0, 0.1) is 5.82 Å². The molecule has 0 saturated carbocycles. The lowest BCUT2D eigenvalue weighted by Gasteiger charge is -2.07. The van der Waals surface area contributed by atoms with Crippen LogP contribution < -0.4 is 10.9 Å². The molecule has 0 radical (unpaired) electrons. The van der Waals surface area contributed by atoms with Gasteiger partial charge in [-0.15, -0.1) is 16.9 Å². The molecule has 0 atom stereocenters. The maximum Gasteiger partial charge on any atom is 0.278 e. The van der Waals surface area contributed by atoms with E-state index in [1.165, 1.54) is 12.1 Å². The minimum atomic E-state index is -0.336. The SMILES string of the molecule is O=C(Cn1nnc2ccccc2c1=O)NCCCSc1ccc(F)cc1. The first-order valence-electron chi connectivity index (χ1n) is 8.11. The molecule has 8 heteroatoms. The Labute approximate surface area is 153 Å². The van der Waals surface area contributed by atoms with Crippen LogP contribution in [0.2, 0.25) is 0 Å². The molecule has 26 heavy (non-hydrogen) atoms. The first-order valence-corrected chi connectivity index (χ1v) is 9.09. The van der Waals surface area contributed by atoms with Crippen LogP contribution in [-0.4, -0.2) is 33.2 Å². The Morgan fingerprint density at radius 1 is 1.15 bits per heavy atom. The normalized spacial score (nSPS) is 10.8. The van der Waals surface area contributed by atoms with Crippen molar-refractivity contribution in [3.8, 4) is 0 Å². The number of carbonyl (C=O) groups is 1. The first-order chi connectivity index (χ1) is 12.6. The number of fused-ring (bicyclic) bond motifs is 1. The molecular weight excluding hydrogens is 355 g/mol. The molecule has 6 nitrogen and oxygen atoms in total. The van der Waals surface area contributed by atoms with Crippen LogP contribution in [0.4, 0.5) is 4.39 Å². The number of hydrogen-bond donors (Lipinski definition) is 1. The summed E-state index contributed by atoms with van der Waals surface area (Å²) in [6, 6.07) is 13.2. The van der Waals surface area contributed by atoms with Gasteiger partial charge in [0.25, 0.3) is 5.56 Å². The van der Waals surface area contributed by atoms with Crippen LogP contribution in [0.1, 0.15) is 6.42 Å². The van der Waals surface area contributed by atoms with Gasteiger partial charge in [-0.3, -0.25) is 9.59 Å². The molecule has 1 heterocycles. The molecule has 0 unspecified atom stereocenters. The van der Waals surface area contributed by atoms with Crippen LogP contribution in [-0.2, 0) is 11.3 Å². The Kier molecular flexibility index (Phi) is 5.96. The average Bonchev–Trinajstić information content (AvgIpc) is 2.65. The zero-order valence-electron chi connectivity index (χ0n) is 13.9. The third kappa shape index (κ3) is 4.66. The molecule has 0 aliphatic heterocycles. The van der Waals surface area contributed by atoms with E-state index in [4.69, 9.17) is 0 Å². The summed E-state index contributed by atoms with van der Waals surface area (Å²) < 4.78 is 13.9. The Bertz CT molecular complexity index is 959. The molecule has 0 fully saturated rings. The van der Waals surface area contributed by atoms with Gasteiger partial charge in [-0.2, -0.15) is 0 Å². The lowest BCUT2D eigenvalue weighted by atomic mass is 10.2. The minimum Gasteiger partial charge on any atom is -0.354 e. The maximum atomic E-state index is 12.8. The van der Waals surface area contributed by atoms with E-state index in [1.54, 1.807) is 48.2 Å².